The maximum atomic E-state index is 12.5. The van der Waals surface area contributed by atoms with E-state index in [1.165, 1.54) is 22.2 Å². The molecule has 0 aliphatic carbocycles. The second-order valence-corrected chi connectivity index (χ2v) is 6.05. The molecule has 7 heteroatoms. The Labute approximate surface area is 142 Å². The molecule has 0 bridgehead atoms. The quantitative estimate of drug-likeness (QED) is 0.577. The zero-order chi connectivity index (χ0) is 16.5. The Balaban J connectivity index is 1.69. The van der Waals surface area contributed by atoms with Crippen LogP contribution in [0.5, 0.6) is 0 Å². The molecule has 4 aromatic rings. The highest BCUT2D eigenvalue weighted by atomic mass is 32.1. The van der Waals surface area contributed by atoms with Crippen molar-refractivity contribution in [2.24, 2.45) is 0 Å². The van der Waals surface area contributed by atoms with Crippen LogP contribution in [0.4, 0.5) is 0 Å². The molecule has 0 saturated carbocycles. The number of carbonyl (C=O) groups is 1. The highest BCUT2D eigenvalue weighted by molar-refractivity contribution is 7.12. The second kappa shape index (κ2) is 5.86. The van der Waals surface area contributed by atoms with Gasteiger partial charge in [-0.15, -0.1) is 11.3 Å². The third-order valence-corrected chi connectivity index (χ3v) is 4.54. The molecular weight excluding hydrogens is 322 g/mol. The maximum Gasteiger partial charge on any atom is 0.266 e. The standard InChI is InChI=1S/C17H13N5OS/c1-12-14(16(23)21-8-7-18-11-21)9-19-22(12)17-20-15(10-24-17)13-5-3-2-4-6-13/h2-11H,1H3. The fourth-order valence-corrected chi connectivity index (χ4v) is 3.27. The highest BCUT2D eigenvalue weighted by Gasteiger charge is 2.18. The molecule has 0 aliphatic heterocycles. The molecule has 0 unspecified atom stereocenters. The van der Waals surface area contributed by atoms with Gasteiger partial charge in [0.2, 0.25) is 5.13 Å². The lowest BCUT2D eigenvalue weighted by Crippen LogP contribution is -2.11. The van der Waals surface area contributed by atoms with Crippen LogP contribution in [0.3, 0.4) is 0 Å². The van der Waals surface area contributed by atoms with Gasteiger partial charge in [0.1, 0.15) is 6.33 Å². The van der Waals surface area contributed by atoms with Crippen molar-refractivity contribution in [2.45, 2.75) is 6.92 Å². The molecule has 0 spiro atoms. The molecule has 1 aromatic carbocycles. The minimum absolute atomic E-state index is 0.156. The van der Waals surface area contributed by atoms with Gasteiger partial charge in [0, 0.05) is 23.3 Å². The largest absolute Gasteiger partial charge is 0.272 e. The molecule has 3 aromatic heterocycles. The zero-order valence-electron chi connectivity index (χ0n) is 12.8. The van der Waals surface area contributed by atoms with Gasteiger partial charge in [-0.3, -0.25) is 9.36 Å². The zero-order valence-corrected chi connectivity index (χ0v) is 13.6. The molecule has 0 saturated heterocycles. The average molecular weight is 335 g/mol. The Morgan fingerprint density at radius 3 is 2.79 bits per heavy atom. The summed E-state index contributed by atoms with van der Waals surface area (Å²) in [7, 11) is 0. The van der Waals surface area contributed by atoms with Crippen LogP contribution in [0.1, 0.15) is 16.1 Å². The number of carbonyl (C=O) groups excluding carboxylic acids is 1. The first-order valence-electron chi connectivity index (χ1n) is 7.32. The molecule has 0 N–H and O–H groups in total. The average Bonchev–Trinajstić information content (AvgIpc) is 3.36. The van der Waals surface area contributed by atoms with Crippen LogP contribution in [0, 0.1) is 6.92 Å². The van der Waals surface area contributed by atoms with Crippen LogP contribution in [0.25, 0.3) is 16.4 Å². The minimum Gasteiger partial charge on any atom is -0.272 e. The van der Waals surface area contributed by atoms with Crippen LogP contribution in [-0.4, -0.2) is 30.2 Å². The van der Waals surface area contributed by atoms with Gasteiger partial charge in [0.05, 0.1) is 23.1 Å². The van der Waals surface area contributed by atoms with E-state index in [1.807, 2.05) is 42.6 Å². The molecule has 118 valence electrons. The van der Waals surface area contributed by atoms with E-state index in [-0.39, 0.29) is 5.91 Å². The number of aromatic nitrogens is 5. The van der Waals surface area contributed by atoms with Gasteiger partial charge in [-0.05, 0) is 6.92 Å². The first kappa shape index (κ1) is 14.5. The predicted molar refractivity (Wildman–Crippen MR) is 91.4 cm³/mol. The number of benzene rings is 1. The van der Waals surface area contributed by atoms with E-state index in [0.717, 1.165) is 22.1 Å². The summed E-state index contributed by atoms with van der Waals surface area (Å²) in [6.45, 7) is 1.86. The molecule has 0 aliphatic rings. The van der Waals surface area contributed by atoms with Crippen molar-refractivity contribution in [2.75, 3.05) is 0 Å². The summed E-state index contributed by atoms with van der Waals surface area (Å²) >= 11 is 1.49. The minimum atomic E-state index is -0.156. The van der Waals surface area contributed by atoms with Crippen molar-refractivity contribution in [3.8, 4) is 16.4 Å². The predicted octanol–water partition coefficient (Wildman–Crippen LogP) is 3.19. The summed E-state index contributed by atoms with van der Waals surface area (Å²) in [6.07, 6.45) is 6.25. The Hall–Kier alpha value is -3.06. The fourth-order valence-electron chi connectivity index (χ4n) is 2.43. The van der Waals surface area contributed by atoms with Crippen LogP contribution < -0.4 is 0 Å². The lowest BCUT2D eigenvalue weighted by molar-refractivity contribution is 0.0959. The smallest absolute Gasteiger partial charge is 0.266 e. The molecule has 0 fully saturated rings. The molecule has 0 amide bonds. The van der Waals surface area contributed by atoms with E-state index in [0.29, 0.717) is 5.56 Å². The summed E-state index contributed by atoms with van der Waals surface area (Å²) in [5, 5.41) is 7.06. The number of hydrogen-bond donors (Lipinski definition) is 0. The third-order valence-electron chi connectivity index (χ3n) is 3.72. The van der Waals surface area contributed by atoms with E-state index in [4.69, 9.17) is 0 Å². The summed E-state index contributed by atoms with van der Waals surface area (Å²) in [4.78, 5) is 21.0. The van der Waals surface area contributed by atoms with E-state index in [1.54, 1.807) is 23.3 Å². The number of nitrogens with zero attached hydrogens (tertiary/aromatic N) is 5. The van der Waals surface area contributed by atoms with Crippen molar-refractivity contribution in [1.29, 1.82) is 0 Å². The number of hydrogen-bond acceptors (Lipinski definition) is 5. The maximum absolute atomic E-state index is 12.5. The van der Waals surface area contributed by atoms with Crippen LogP contribution in [0.2, 0.25) is 0 Å². The van der Waals surface area contributed by atoms with E-state index in [9.17, 15) is 4.79 Å². The second-order valence-electron chi connectivity index (χ2n) is 5.21. The van der Waals surface area contributed by atoms with Gasteiger partial charge in [-0.2, -0.15) is 5.10 Å². The number of thiazole rings is 1. The SMILES string of the molecule is Cc1c(C(=O)n2ccnc2)cnn1-c1nc(-c2ccccc2)cs1. The Bertz CT molecular complexity index is 985. The lowest BCUT2D eigenvalue weighted by atomic mass is 10.2. The van der Waals surface area contributed by atoms with Gasteiger partial charge >= 0.3 is 0 Å². The third kappa shape index (κ3) is 2.44. The van der Waals surface area contributed by atoms with Gasteiger partial charge in [-0.1, -0.05) is 30.3 Å². The van der Waals surface area contributed by atoms with E-state index >= 15 is 0 Å². The normalized spacial score (nSPS) is 10.9. The lowest BCUT2D eigenvalue weighted by Gasteiger charge is -2.02. The van der Waals surface area contributed by atoms with Crippen molar-refractivity contribution in [3.05, 3.63) is 71.9 Å². The topological polar surface area (TPSA) is 65.6 Å². The van der Waals surface area contributed by atoms with E-state index < -0.39 is 0 Å². The summed E-state index contributed by atoms with van der Waals surface area (Å²) in [5.41, 5.74) is 3.24. The monoisotopic (exact) mass is 335 g/mol. The van der Waals surface area contributed by atoms with Crippen molar-refractivity contribution in [1.82, 2.24) is 24.3 Å². The summed E-state index contributed by atoms with van der Waals surface area (Å²) in [6, 6.07) is 9.97. The van der Waals surface area contributed by atoms with E-state index in [2.05, 4.69) is 15.1 Å². The number of rotatable bonds is 3. The van der Waals surface area contributed by atoms with Gasteiger partial charge < -0.3 is 0 Å². The highest BCUT2D eigenvalue weighted by Crippen LogP contribution is 2.25. The molecule has 3 heterocycles. The molecule has 24 heavy (non-hydrogen) atoms. The van der Waals surface area contributed by atoms with Crippen LogP contribution in [0.15, 0.2) is 60.6 Å². The molecule has 0 atom stereocenters. The Kier molecular flexibility index (Phi) is 3.55. The Morgan fingerprint density at radius 2 is 2.04 bits per heavy atom. The van der Waals surface area contributed by atoms with Gasteiger partial charge in [0.25, 0.3) is 5.91 Å². The molecular formula is C17H13N5OS. The van der Waals surface area contributed by atoms with Crippen LogP contribution in [-0.2, 0) is 0 Å². The molecule has 4 rings (SSSR count). The first-order valence-corrected chi connectivity index (χ1v) is 8.20. The van der Waals surface area contributed by atoms with Crippen molar-refractivity contribution < 1.29 is 4.79 Å². The number of imidazole rings is 1. The van der Waals surface area contributed by atoms with Gasteiger partial charge in [-0.25, -0.2) is 14.6 Å². The van der Waals surface area contributed by atoms with Crippen molar-refractivity contribution in [3.63, 3.8) is 0 Å². The molecule has 6 nitrogen and oxygen atoms in total. The summed E-state index contributed by atoms with van der Waals surface area (Å²) < 4.78 is 3.13. The first-order chi connectivity index (χ1) is 11.7. The summed E-state index contributed by atoms with van der Waals surface area (Å²) in [5.74, 6) is -0.156. The fraction of sp³-hybridized carbons (Fsp3) is 0.0588. The molecule has 0 radical (unpaired) electrons. The van der Waals surface area contributed by atoms with Crippen LogP contribution >= 0.6 is 11.3 Å². The van der Waals surface area contributed by atoms with Crippen molar-refractivity contribution >= 4 is 17.2 Å². The Morgan fingerprint density at radius 1 is 1.21 bits per heavy atom. The van der Waals surface area contributed by atoms with Gasteiger partial charge in [0.15, 0.2) is 0 Å².